The van der Waals surface area contributed by atoms with E-state index < -0.39 is 0 Å². The lowest BCUT2D eigenvalue weighted by molar-refractivity contribution is -0.110. The number of methoxy groups -OCH3 is 2. The van der Waals surface area contributed by atoms with E-state index in [9.17, 15) is 4.79 Å². The fourth-order valence-electron chi connectivity index (χ4n) is 3.50. The van der Waals surface area contributed by atoms with Crippen LogP contribution in [0.5, 0.6) is 17.2 Å². The first-order valence-electron chi connectivity index (χ1n) is 10.4. The number of benzene rings is 2. The van der Waals surface area contributed by atoms with Crippen LogP contribution in [0.25, 0.3) is 5.57 Å². The lowest BCUT2D eigenvalue weighted by Crippen LogP contribution is -2.15. The van der Waals surface area contributed by atoms with Crippen LogP contribution in [0.2, 0.25) is 0 Å². The summed E-state index contributed by atoms with van der Waals surface area (Å²) < 4.78 is 16.6. The Kier molecular flexibility index (Phi) is 7.41. The van der Waals surface area contributed by atoms with Crippen LogP contribution in [-0.2, 0) is 4.79 Å². The smallest absolute Gasteiger partial charge is 0.258 e. The fraction of sp³-hybridized carbons (Fsp3) is 0.375. The van der Waals surface area contributed by atoms with Gasteiger partial charge in [0.05, 0.1) is 32.1 Å². The third kappa shape index (κ3) is 5.30. The molecule has 0 radical (unpaired) electrons. The van der Waals surface area contributed by atoms with E-state index in [4.69, 9.17) is 14.2 Å². The molecule has 0 saturated heterocycles. The van der Waals surface area contributed by atoms with Crippen LogP contribution in [0.1, 0.15) is 25.3 Å². The molecule has 166 valence electrons. The van der Waals surface area contributed by atoms with Gasteiger partial charge in [0.1, 0.15) is 5.75 Å². The molecule has 0 spiro atoms. The van der Waals surface area contributed by atoms with E-state index in [2.05, 4.69) is 29.6 Å². The Hall–Kier alpha value is -3.19. The lowest BCUT2D eigenvalue weighted by Gasteiger charge is -2.14. The standard InChI is InChI=1S/C24H31N3O4/c1-6-19(25-16-8-10-17(11-9-16)31-13-7-12-27(2)3)23-18-14-21(29-4)22(30-5)15-20(18)26-24(23)28/h8-11,14-15,25H,6-7,12-13H2,1-5H3,(H,26,28). The molecule has 2 aromatic carbocycles. The maximum absolute atomic E-state index is 12.8. The van der Waals surface area contributed by atoms with Gasteiger partial charge in [-0.15, -0.1) is 0 Å². The number of allylic oxidation sites excluding steroid dienone is 1. The second-order valence-corrected chi connectivity index (χ2v) is 7.57. The van der Waals surface area contributed by atoms with Gasteiger partial charge in [-0.05, 0) is 57.3 Å². The van der Waals surface area contributed by atoms with Crippen LogP contribution in [0, 0.1) is 0 Å². The highest BCUT2D eigenvalue weighted by atomic mass is 16.5. The Labute approximate surface area is 184 Å². The number of carbonyl (C=O) groups excluding carboxylic acids is 1. The van der Waals surface area contributed by atoms with Gasteiger partial charge in [-0.2, -0.15) is 0 Å². The van der Waals surface area contributed by atoms with Gasteiger partial charge in [0.15, 0.2) is 11.5 Å². The lowest BCUT2D eigenvalue weighted by atomic mass is 10.0. The summed E-state index contributed by atoms with van der Waals surface area (Å²) in [4.78, 5) is 14.9. The summed E-state index contributed by atoms with van der Waals surface area (Å²) in [7, 11) is 7.26. The van der Waals surface area contributed by atoms with E-state index in [1.165, 1.54) is 0 Å². The van der Waals surface area contributed by atoms with Crippen molar-refractivity contribution in [3.05, 3.63) is 47.7 Å². The van der Waals surface area contributed by atoms with Crippen LogP contribution in [0.3, 0.4) is 0 Å². The average Bonchev–Trinajstić information content (AvgIpc) is 3.09. The van der Waals surface area contributed by atoms with Crippen molar-refractivity contribution in [2.24, 2.45) is 0 Å². The van der Waals surface area contributed by atoms with E-state index in [0.29, 0.717) is 35.8 Å². The highest BCUT2D eigenvalue weighted by Gasteiger charge is 2.29. The van der Waals surface area contributed by atoms with Crippen LogP contribution in [0.15, 0.2) is 42.1 Å². The van der Waals surface area contributed by atoms with Crippen molar-refractivity contribution in [2.75, 3.05) is 52.1 Å². The first kappa shape index (κ1) is 22.5. The monoisotopic (exact) mass is 425 g/mol. The average molecular weight is 426 g/mol. The molecule has 1 amide bonds. The van der Waals surface area contributed by atoms with Gasteiger partial charge in [0, 0.05) is 29.6 Å². The van der Waals surface area contributed by atoms with Gasteiger partial charge < -0.3 is 29.7 Å². The summed E-state index contributed by atoms with van der Waals surface area (Å²) in [5, 5.41) is 6.33. The molecule has 0 aromatic heterocycles. The number of hydrogen-bond donors (Lipinski definition) is 2. The number of rotatable bonds is 10. The Morgan fingerprint density at radius 1 is 1.06 bits per heavy atom. The largest absolute Gasteiger partial charge is 0.494 e. The summed E-state index contributed by atoms with van der Waals surface area (Å²) in [5.41, 5.74) is 3.86. The van der Waals surface area contributed by atoms with E-state index in [0.717, 1.165) is 35.7 Å². The minimum absolute atomic E-state index is 0.143. The molecule has 2 N–H and O–H groups in total. The molecule has 0 atom stereocenters. The molecule has 0 unspecified atom stereocenters. The van der Waals surface area contributed by atoms with Gasteiger partial charge in [-0.3, -0.25) is 4.79 Å². The van der Waals surface area contributed by atoms with Crippen LogP contribution >= 0.6 is 0 Å². The first-order valence-corrected chi connectivity index (χ1v) is 10.4. The predicted octanol–water partition coefficient (Wildman–Crippen LogP) is 4.22. The number of ether oxygens (including phenoxy) is 3. The molecule has 1 heterocycles. The minimum Gasteiger partial charge on any atom is -0.494 e. The maximum atomic E-state index is 12.8. The first-order chi connectivity index (χ1) is 15.0. The number of fused-ring (bicyclic) bond motifs is 1. The zero-order chi connectivity index (χ0) is 22.4. The van der Waals surface area contributed by atoms with Crippen molar-refractivity contribution >= 4 is 22.9 Å². The fourth-order valence-corrected chi connectivity index (χ4v) is 3.50. The van der Waals surface area contributed by atoms with Crippen molar-refractivity contribution in [1.29, 1.82) is 0 Å². The summed E-state index contributed by atoms with van der Waals surface area (Å²) >= 11 is 0. The highest BCUT2D eigenvalue weighted by Crippen LogP contribution is 2.42. The van der Waals surface area contributed by atoms with E-state index in [1.807, 2.05) is 37.3 Å². The molecular weight excluding hydrogens is 394 g/mol. The van der Waals surface area contributed by atoms with Crippen molar-refractivity contribution in [1.82, 2.24) is 4.90 Å². The molecule has 2 aromatic rings. The molecule has 7 heteroatoms. The van der Waals surface area contributed by atoms with Crippen LogP contribution in [-0.4, -0.2) is 52.3 Å². The third-order valence-corrected chi connectivity index (χ3v) is 5.09. The second kappa shape index (κ2) is 10.2. The number of amides is 1. The van der Waals surface area contributed by atoms with Crippen molar-refractivity contribution in [2.45, 2.75) is 19.8 Å². The second-order valence-electron chi connectivity index (χ2n) is 7.57. The minimum atomic E-state index is -0.143. The summed E-state index contributed by atoms with van der Waals surface area (Å²) in [6.07, 6.45) is 1.64. The number of hydrogen-bond acceptors (Lipinski definition) is 6. The third-order valence-electron chi connectivity index (χ3n) is 5.09. The van der Waals surface area contributed by atoms with Crippen molar-refractivity contribution < 1.29 is 19.0 Å². The molecule has 0 saturated carbocycles. The zero-order valence-corrected chi connectivity index (χ0v) is 18.9. The van der Waals surface area contributed by atoms with E-state index in [1.54, 1.807) is 20.3 Å². The Balaban J connectivity index is 1.79. The van der Waals surface area contributed by atoms with Crippen molar-refractivity contribution in [3.63, 3.8) is 0 Å². The Bertz CT molecular complexity index is 952. The van der Waals surface area contributed by atoms with Crippen LogP contribution in [0.4, 0.5) is 11.4 Å². The maximum Gasteiger partial charge on any atom is 0.258 e. The summed E-state index contributed by atoms with van der Waals surface area (Å²) in [6, 6.07) is 11.4. The molecule has 1 aliphatic heterocycles. The van der Waals surface area contributed by atoms with Crippen LogP contribution < -0.4 is 24.8 Å². The molecular formula is C24H31N3O4. The zero-order valence-electron chi connectivity index (χ0n) is 18.9. The van der Waals surface area contributed by atoms with E-state index >= 15 is 0 Å². The van der Waals surface area contributed by atoms with Gasteiger partial charge in [0.2, 0.25) is 0 Å². The Morgan fingerprint density at radius 3 is 2.35 bits per heavy atom. The van der Waals surface area contributed by atoms with Gasteiger partial charge in [0.25, 0.3) is 5.91 Å². The number of carbonyl (C=O) groups is 1. The van der Waals surface area contributed by atoms with Gasteiger partial charge in [-0.1, -0.05) is 6.92 Å². The SMILES string of the molecule is CCC(Nc1ccc(OCCCN(C)C)cc1)=C1C(=O)Nc2cc(OC)c(OC)cc21. The molecule has 0 aliphatic carbocycles. The number of nitrogens with zero attached hydrogens (tertiary/aromatic N) is 1. The van der Waals surface area contributed by atoms with Gasteiger partial charge in [-0.25, -0.2) is 0 Å². The quantitative estimate of drug-likeness (QED) is 0.439. The summed E-state index contributed by atoms with van der Waals surface area (Å²) in [6.45, 7) is 3.69. The molecule has 7 nitrogen and oxygen atoms in total. The number of nitrogens with one attached hydrogen (secondary N) is 2. The molecule has 1 aliphatic rings. The predicted molar refractivity (Wildman–Crippen MR) is 124 cm³/mol. The number of anilines is 2. The topological polar surface area (TPSA) is 72.1 Å². The van der Waals surface area contributed by atoms with Gasteiger partial charge >= 0.3 is 0 Å². The normalized spacial score (nSPS) is 14.2. The molecule has 31 heavy (non-hydrogen) atoms. The highest BCUT2D eigenvalue weighted by molar-refractivity contribution is 6.32. The molecule has 0 fully saturated rings. The summed E-state index contributed by atoms with van der Waals surface area (Å²) in [5.74, 6) is 1.85. The van der Waals surface area contributed by atoms with E-state index in [-0.39, 0.29) is 5.91 Å². The Morgan fingerprint density at radius 2 is 1.74 bits per heavy atom. The van der Waals surface area contributed by atoms with Crippen molar-refractivity contribution in [3.8, 4) is 17.2 Å². The molecule has 0 bridgehead atoms. The molecule has 3 rings (SSSR count).